The molecule has 96 valence electrons. The van der Waals surface area contributed by atoms with Gasteiger partial charge in [0.25, 0.3) is 0 Å². The normalized spacial score (nSPS) is 11.2. The lowest BCUT2D eigenvalue weighted by Crippen LogP contribution is -2.14. The van der Waals surface area contributed by atoms with E-state index in [-0.39, 0.29) is 5.75 Å². The lowest BCUT2D eigenvalue weighted by atomic mass is 10.2. The number of hydrogen-bond donors (Lipinski definition) is 1. The number of benzene rings is 1. The number of alkyl halides is 1. The Balaban J connectivity index is 2.97. The molecule has 0 atom stereocenters. The third-order valence-electron chi connectivity index (χ3n) is 2.16. The smallest absolute Gasteiger partial charge is 0.232 e. The Hall–Kier alpha value is -0.750. The zero-order chi connectivity index (χ0) is 12.9. The summed E-state index contributed by atoms with van der Waals surface area (Å²) in [5.74, 6) is 0.827. The Labute approximate surface area is 111 Å². The Morgan fingerprint density at radius 2 is 2.06 bits per heavy atom. The van der Waals surface area contributed by atoms with Crippen LogP contribution in [0.3, 0.4) is 0 Å². The first-order valence-electron chi connectivity index (χ1n) is 5.34. The summed E-state index contributed by atoms with van der Waals surface area (Å²) in [5.41, 5.74) is 1.48. The lowest BCUT2D eigenvalue weighted by Gasteiger charge is -2.11. The van der Waals surface area contributed by atoms with Gasteiger partial charge < -0.3 is 4.74 Å². The number of halogens is 1. The maximum absolute atomic E-state index is 11.4. The average Bonchev–Trinajstić information content (AvgIpc) is 2.31. The molecule has 0 amide bonds. The molecule has 0 unspecified atom stereocenters. The minimum atomic E-state index is -3.23. The molecule has 0 aromatic heterocycles. The third kappa shape index (κ3) is 4.20. The first-order chi connectivity index (χ1) is 8.02. The highest BCUT2D eigenvalue weighted by Crippen LogP contribution is 2.25. The van der Waals surface area contributed by atoms with Crippen molar-refractivity contribution >= 4 is 31.6 Å². The number of hydrogen-bond acceptors (Lipinski definition) is 3. The van der Waals surface area contributed by atoms with Gasteiger partial charge in [-0.1, -0.05) is 15.9 Å². The van der Waals surface area contributed by atoms with Crippen molar-refractivity contribution < 1.29 is 13.2 Å². The summed E-state index contributed by atoms with van der Waals surface area (Å²) in [5, 5.41) is 0.615. The van der Waals surface area contributed by atoms with Crippen molar-refractivity contribution in [1.29, 1.82) is 0 Å². The van der Waals surface area contributed by atoms with Crippen LogP contribution in [0.25, 0.3) is 0 Å². The van der Waals surface area contributed by atoms with Gasteiger partial charge in [0.2, 0.25) is 10.0 Å². The Bertz CT molecular complexity index is 474. The van der Waals surface area contributed by atoms with E-state index in [9.17, 15) is 8.42 Å². The van der Waals surface area contributed by atoms with Crippen LogP contribution in [0.4, 0.5) is 5.69 Å². The molecule has 0 spiro atoms. The van der Waals surface area contributed by atoms with Gasteiger partial charge >= 0.3 is 0 Å². The molecular formula is C11H16BrNO3S. The van der Waals surface area contributed by atoms with Gasteiger partial charge in [-0.3, -0.25) is 4.72 Å². The van der Waals surface area contributed by atoms with Crippen molar-refractivity contribution in [1.82, 2.24) is 0 Å². The molecule has 1 N–H and O–H groups in total. The van der Waals surface area contributed by atoms with Crippen molar-refractivity contribution in [2.24, 2.45) is 0 Å². The molecule has 0 bridgehead atoms. The molecule has 6 heteroatoms. The van der Waals surface area contributed by atoms with E-state index in [0.29, 0.717) is 17.6 Å². The fourth-order valence-corrected chi connectivity index (χ4v) is 2.36. The van der Waals surface area contributed by atoms with Crippen LogP contribution in [-0.4, -0.2) is 20.8 Å². The van der Waals surface area contributed by atoms with Crippen molar-refractivity contribution in [3.05, 3.63) is 23.8 Å². The summed E-state index contributed by atoms with van der Waals surface area (Å²) in [6.45, 7) is 4.09. The van der Waals surface area contributed by atoms with Crippen molar-refractivity contribution in [2.75, 3.05) is 17.1 Å². The van der Waals surface area contributed by atoms with E-state index >= 15 is 0 Å². The molecule has 0 aliphatic heterocycles. The number of anilines is 1. The van der Waals surface area contributed by atoms with Crippen LogP contribution in [-0.2, 0) is 15.4 Å². The zero-order valence-electron chi connectivity index (χ0n) is 9.86. The molecule has 1 aromatic carbocycles. The fourth-order valence-electron chi connectivity index (χ4n) is 1.30. The van der Waals surface area contributed by atoms with E-state index in [2.05, 4.69) is 20.7 Å². The van der Waals surface area contributed by atoms with Gasteiger partial charge in [-0.15, -0.1) is 0 Å². The summed E-state index contributed by atoms with van der Waals surface area (Å²) in [4.78, 5) is 0. The topological polar surface area (TPSA) is 55.4 Å². The van der Waals surface area contributed by atoms with Crippen LogP contribution in [0, 0.1) is 0 Å². The highest BCUT2D eigenvalue weighted by Gasteiger charge is 2.09. The van der Waals surface area contributed by atoms with Gasteiger partial charge in [-0.05, 0) is 32.0 Å². The van der Waals surface area contributed by atoms with Gasteiger partial charge in [-0.2, -0.15) is 0 Å². The predicted octanol–water partition coefficient (Wildman–Crippen LogP) is 2.74. The molecule has 0 saturated carbocycles. The molecule has 0 aliphatic carbocycles. The van der Waals surface area contributed by atoms with Gasteiger partial charge in [0.05, 0.1) is 12.4 Å². The first kappa shape index (κ1) is 14.3. The van der Waals surface area contributed by atoms with Gasteiger partial charge in [-0.25, -0.2) is 8.42 Å². The largest absolute Gasteiger partial charge is 0.494 e. The van der Waals surface area contributed by atoms with E-state index in [1.165, 1.54) is 0 Å². The number of sulfonamides is 1. The van der Waals surface area contributed by atoms with Crippen molar-refractivity contribution in [2.45, 2.75) is 19.2 Å². The standard InChI is InChI=1S/C11H16BrNO3S/c1-3-16-11-6-5-10(7-9(11)8-12)13-17(14,15)4-2/h5-7,13H,3-4,8H2,1-2H3. The highest BCUT2D eigenvalue weighted by molar-refractivity contribution is 9.08. The summed E-state index contributed by atoms with van der Waals surface area (Å²) < 4.78 is 30.8. The second kappa shape index (κ2) is 6.26. The number of ether oxygens (including phenoxy) is 1. The molecular weight excluding hydrogens is 306 g/mol. The summed E-state index contributed by atoms with van der Waals surface area (Å²) >= 11 is 3.35. The van der Waals surface area contributed by atoms with Crippen LogP contribution in [0.5, 0.6) is 5.75 Å². The monoisotopic (exact) mass is 321 g/mol. The molecule has 0 radical (unpaired) electrons. The second-order valence-corrected chi connectivity index (χ2v) is 5.97. The summed E-state index contributed by atoms with van der Waals surface area (Å²) in [6.07, 6.45) is 0. The molecule has 0 aliphatic rings. The Morgan fingerprint density at radius 3 is 2.59 bits per heavy atom. The van der Waals surface area contributed by atoms with Crippen LogP contribution in [0.15, 0.2) is 18.2 Å². The first-order valence-corrected chi connectivity index (χ1v) is 8.12. The van der Waals surface area contributed by atoms with Crippen LogP contribution < -0.4 is 9.46 Å². The van der Waals surface area contributed by atoms with E-state index in [4.69, 9.17) is 4.74 Å². The SMILES string of the molecule is CCOc1ccc(NS(=O)(=O)CC)cc1CBr. The quantitative estimate of drug-likeness (QED) is 0.820. The maximum Gasteiger partial charge on any atom is 0.232 e. The fraction of sp³-hybridized carbons (Fsp3) is 0.455. The third-order valence-corrected chi connectivity index (χ3v) is 4.07. The van der Waals surface area contributed by atoms with Crippen LogP contribution >= 0.6 is 15.9 Å². The number of rotatable bonds is 6. The molecule has 1 rings (SSSR count). The van der Waals surface area contributed by atoms with Gasteiger partial charge in [0.1, 0.15) is 5.75 Å². The summed E-state index contributed by atoms with van der Waals surface area (Å²) in [7, 11) is -3.23. The highest BCUT2D eigenvalue weighted by atomic mass is 79.9. The minimum Gasteiger partial charge on any atom is -0.494 e. The van der Waals surface area contributed by atoms with Crippen LogP contribution in [0.2, 0.25) is 0 Å². The van der Waals surface area contributed by atoms with E-state index in [1.54, 1.807) is 25.1 Å². The number of nitrogens with one attached hydrogen (secondary N) is 1. The van der Waals surface area contributed by atoms with Crippen molar-refractivity contribution in [3.8, 4) is 5.75 Å². The van der Waals surface area contributed by atoms with Crippen LogP contribution in [0.1, 0.15) is 19.4 Å². The Kier molecular flexibility index (Phi) is 5.27. The molecule has 0 fully saturated rings. The van der Waals surface area contributed by atoms with Gasteiger partial charge in [0.15, 0.2) is 0 Å². The maximum atomic E-state index is 11.4. The van der Waals surface area contributed by atoms with Crippen molar-refractivity contribution in [3.63, 3.8) is 0 Å². The van der Waals surface area contributed by atoms with E-state index in [0.717, 1.165) is 11.3 Å². The molecule has 1 aromatic rings. The van der Waals surface area contributed by atoms with Gasteiger partial charge in [0, 0.05) is 16.6 Å². The molecule has 0 saturated heterocycles. The molecule has 0 heterocycles. The molecule has 17 heavy (non-hydrogen) atoms. The zero-order valence-corrected chi connectivity index (χ0v) is 12.3. The van der Waals surface area contributed by atoms with E-state index in [1.807, 2.05) is 6.92 Å². The van der Waals surface area contributed by atoms with E-state index < -0.39 is 10.0 Å². The predicted molar refractivity (Wildman–Crippen MR) is 73.3 cm³/mol. The summed E-state index contributed by atoms with van der Waals surface area (Å²) in [6, 6.07) is 5.24. The molecule has 4 nitrogen and oxygen atoms in total. The minimum absolute atomic E-state index is 0.0594. The second-order valence-electron chi connectivity index (χ2n) is 3.39. The average molecular weight is 322 g/mol. The lowest BCUT2D eigenvalue weighted by molar-refractivity contribution is 0.338. The Morgan fingerprint density at radius 1 is 1.35 bits per heavy atom.